The lowest BCUT2D eigenvalue weighted by Crippen LogP contribution is -2.33. The van der Waals surface area contributed by atoms with Crippen molar-refractivity contribution in [2.75, 3.05) is 14.2 Å². The fraction of sp³-hybridized carbons (Fsp3) is 0.227. The molecule has 0 spiro atoms. The predicted molar refractivity (Wildman–Crippen MR) is 111 cm³/mol. The van der Waals surface area contributed by atoms with E-state index in [0.29, 0.717) is 23.5 Å². The molecular formula is C22H20N2O4S. The van der Waals surface area contributed by atoms with Gasteiger partial charge in [-0.25, -0.2) is 5.01 Å². The normalized spacial score (nSPS) is 19.8. The summed E-state index contributed by atoms with van der Waals surface area (Å²) in [6.45, 7) is 0. The van der Waals surface area contributed by atoms with Crippen molar-refractivity contribution in [1.29, 1.82) is 0 Å². The minimum absolute atomic E-state index is 0.0145. The van der Waals surface area contributed by atoms with Crippen molar-refractivity contribution >= 4 is 17.0 Å². The van der Waals surface area contributed by atoms with E-state index >= 15 is 0 Å². The van der Waals surface area contributed by atoms with Gasteiger partial charge >= 0.3 is 0 Å². The van der Waals surface area contributed by atoms with Gasteiger partial charge in [-0.1, -0.05) is 12.1 Å². The van der Waals surface area contributed by atoms with Gasteiger partial charge in [-0.3, -0.25) is 0 Å². The van der Waals surface area contributed by atoms with Gasteiger partial charge in [0.1, 0.15) is 11.5 Å². The van der Waals surface area contributed by atoms with Gasteiger partial charge in [-0.2, -0.15) is 16.4 Å². The van der Waals surface area contributed by atoms with E-state index in [4.69, 9.17) is 19.3 Å². The maximum absolute atomic E-state index is 10.4. The largest absolute Gasteiger partial charge is 0.507 e. The third kappa shape index (κ3) is 2.89. The maximum atomic E-state index is 10.4. The molecule has 2 aliphatic heterocycles. The molecular weight excluding hydrogens is 388 g/mol. The molecule has 2 aromatic carbocycles. The molecule has 0 bridgehead atoms. The smallest absolute Gasteiger partial charge is 0.214 e. The molecule has 0 saturated heterocycles. The van der Waals surface area contributed by atoms with Gasteiger partial charge in [0, 0.05) is 23.1 Å². The Balaban J connectivity index is 1.62. The first-order valence-electron chi connectivity index (χ1n) is 9.28. The summed E-state index contributed by atoms with van der Waals surface area (Å²) in [4.78, 5) is 0. The number of ether oxygens (including phenoxy) is 3. The van der Waals surface area contributed by atoms with E-state index in [0.717, 1.165) is 22.6 Å². The minimum atomic E-state index is -0.361. The van der Waals surface area contributed by atoms with Crippen molar-refractivity contribution in [2.45, 2.75) is 18.7 Å². The molecule has 0 unspecified atom stereocenters. The van der Waals surface area contributed by atoms with Crippen LogP contribution in [0.5, 0.6) is 23.0 Å². The quantitative estimate of drug-likeness (QED) is 0.677. The number of nitrogens with zero attached hydrogens (tertiary/aromatic N) is 2. The standard InChI is InChI=1S/C22H20N2O4S/c1-26-14-6-7-19(25)16(10-14)17-11-18-15-4-3-5-20(27-2)21(15)28-22(24(18)23-17)13-8-9-29-12-13/h3-10,12,18,22,25H,11H2,1-2H3/t18-,22-/m0/s1. The first kappa shape index (κ1) is 17.9. The second-order valence-electron chi connectivity index (χ2n) is 6.94. The van der Waals surface area contributed by atoms with E-state index < -0.39 is 0 Å². The number of hydrogen-bond donors (Lipinski definition) is 1. The molecule has 2 aliphatic rings. The van der Waals surface area contributed by atoms with Gasteiger partial charge in [0.2, 0.25) is 6.23 Å². The van der Waals surface area contributed by atoms with Crippen molar-refractivity contribution in [3.63, 3.8) is 0 Å². The zero-order valence-corrected chi connectivity index (χ0v) is 16.8. The third-order valence-electron chi connectivity index (χ3n) is 5.34. The molecule has 3 heterocycles. The Morgan fingerprint density at radius 1 is 1.17 bits per heavy atom. The Bertz CT molecular complexity index is 1080. The van der Waals surface area contributed by atoms with E-state index in [-0.39, 0.29) is 18.0 Å². The van der Waals surface area contributed by atoms with Crippen LogP contribution in [0.4, 0.5) is 0 Å². The molecule has 148 valence electrons. The van der Waals surface area contributed by atoms with Crippen molar-refractivity contribution in [3.8, 4) is 23.0 Å². The number of fused-ring (bicyclic) bond motifs is 3. The van der Waals surface area contributed by atoms with Gasteiger partial charge in [0.15, 0.2) is 11.5 Å². The number of hydrazone groups is 1. The van der Waals surface area contributed by atoms with Crippen molar-refractivity contribution in [1.82, 2.24) is 5.01 Å². The van der Waals surface area contributed by atoms with Crippen LogP contribution in [0.2, 0.25) is 0 Å². The second-order valence-corrected chi connectivity index (χ2v) is 7.72. The Labute approximate surface area is 172 Å². The van der Waals surface area contributed by atoms with E-state index in [1.165, 1.54) is 0 Å². The zero-order chi connectivity index (χ0) is 20.0. The molecule has 3 aromatic rings. The number of thiophene rings is 1. The van der Waals surface area contributed by atoms with Crippen LogP contribution in [-0.4, -0.2) is 30.0 Å². The fourth-order valence-electron chi connectivity index (χ4n) is 3.92. The summed E-state index contributed by atoms with van der Waals surface area (Å²) in [5, 5.41) is 21.4. The van der Waals surface area contributed by atoms with Crippen LogP contribution in [0.25, 0.3) is 0 Å². The van der Waals surface area contributed by atoms with E-state index in [1.807, 2.05) is 40.7 Å². The second kappa shape index (κ2) is 7.00. The molecule has 2 atom stereocenters. The van der Waals surface area contributed by atoms with Gasteiger partial charge in [-0.15, -0.1) is 0 Å². The van der Waals surface area contributed by atoms with Crippen LogP contribution in [0.3, 0.4) is 0 Å². The Hall–Kier alpha value is -3.19. The highest BCUT2D eigenvalue weighted by Crippen LogP contribution is 2.51. The Morgan fingerprint density at radius 2 is 2.07 bits per heavy atom. The van der Waals surface area contributed by atoms with Crippen LogP contribution in [0.1, 0.15) is 35.4 Å². The summed E-state index contributed by atoms with van der Waals surface area (Å²) in [5.74, 6) is 2.32. The summed E-state index contributed by atoms with van der Waals surface area (Å²) in [6, 6.07) is 13.1. The summed E-state index contributed by atoms with van der Waals surface area (Å²) in [7, 11) is 3.26. The first-order valence-corrected chi connectivity index (χ1v) is 10.2. The predicted octanol–water partition coefficient (Wildman–Crippen LogP) is 4.71. The van der Waals surface area contributed by atoms with Crippen LogP contribution in [0.15, 0.2) is 58.3 Å². The third-order valence-corrected chi connectivity index (χ3v) is 6.04. The molecule has 7 heteroatoms. The molecule has 1 N–H and O–H groups in total. The molecule has 5 rings (SSSR count). The lowest BCUT2D eigenvalue weighted by atomic mass is 9.95. The molecule has 6 nitrogen and oxygen atoms in total. The molecule has 1 aromatic heterocycles. The van der Waals surface area contributed by atoms with Gasteiger partial charge in [0.25, 0.3) is 0 Å². The highest BCUT2D eigenvalue weighted by molar-refractivity contribution is 7.07. The SMILES string of the molecule is COc1ccc(O)c(C2=NN3[C@@H](C2)c2cccc(OC)c2O[C@H]3c2ccsc2)c1. The van der Waals surface area contributed by atoms with Crippen molar-refractivity contribution in [2.24, 2.45) is 5.10 Å². The molecule has 0 aliphatic carbocycles. The average molecular weight is 408 g/mol. The minimum Gasteiger partial charge on any atom is -0.507 e. The summed E-state index contributed by atoms with van der Waals surface area (Å²) in [6.07, 6.45) is 0.283. The first-order chi connectivity index (χ1) is 14.2. The van der Waals surface area contributed by atoms with Crippen LogP contribution < -0.4 is 14.2 Å². The zero-order valence-electron chi connectivity index (χ0n) is 16.0. The molecule has 0 radical (unpaired) electrons. The summed E-state index contributed by atoms with van der Waals surface area (Å²) in [5.41, 5.74) is 3.53. The lowest BCUT2D eigenvalue weighted by Gasteiger charge is -2.38. The number of phenols is 1. The molecule has 0 fully saturated rings. The number of methoxy groups -OCH3 is 2. The summed E-state index contributed by atoms with van der Waals surface area (Å²) >= 11 is 1.62. The Kier molecular flexibility index (Phi) is 4.32. The molecule has 0 amide bonds. The van der Waals surface area contributed by atoms with E-state index in [2.05, 4.69) is 5.38 Å². The van der Waals surface area contributed by atoms with E-state index in [1.54, 1.807) is 37.7 Å². The highest BCUT2D eigenvalue weighted by atomic mass is 32.1. The average Bonchev–Trinajstić information content (AvgIpc) is 3.43. The molecule has 0 saturated carbocycles. The Morgan fingerprint density at radius 3 is 2.83 bits per heavy atom. The maximum Gasteiger partial charge on any atom is 0.214 e. The number of phenolic OH excluding ortho intramolecular Hbond substituents is 1. The number of para-hydroxylation sites is 1. The van der Waals surface area contributed by atoms with Crippen LogP contribution >= 0.6 is 11.3 Å². The fourth-order valence-corrected chi connectivity index (χ4v) is 4.58. The lowest BCUT2D eigenvalue weighted by molar-refractivity contribution is -0.0206. The number of hydrogen-bond acceptors (Lipinski definition) is 7. The van der Waals surface area contributed by atoms with E-state index in [9.17, 15) is 5.11 Å². The van der Waals surface area contributed by atoms with Crippen molar-refractivity contribution < 1.29 is 19.3 Å². The number of aromatic hydroxyl groups is 1. The molecule has 29 heavy (non-hydrogen) atoms. The van der Waals surface area contributed by atoms with Gasteiger partial charge in [0.05, 0.1) is 26.0 Å². The van der Waals surface area contributed by atoms with Gasteiger partial charge in [-0.05, 0) is 41.1 Å². The number of benzene rings is 2. The number of rotatable bonds is 4. The summed E-state index contributed by atoms with van der Waals surface area (Å²) < 4.78 is 17.3. The highest BCUT2D eigenvalue weighted by Gasteiger charge is 2.42. The monoisotopic (exact) mass is 408 g/mol. The van der Waals surface area contributed by atoms with Crippen LogP contribution in [-0.2, 0) is 0 Å². The van der Waals surface area contributed by atoms with Crippen LogP contribution in [0, 0.1) is 0 Å². The van der Waals surface area contributed by atoms with Gasteiger partial charge < -0.3 is 19.3 Å². The van der Waals surface area contributed by atoms with Crippen molar-refractivity contribution in [3.05, 3.63) is 69.9 Å². The topological polar surface area (TPSA) is 63.5 Å².